The Labute approximate surface area is 99.5 Å². The Kier molecular flexibility index (Phi) is 4.78. The molecule has 1 unspecified atom stereocenters. The highest BCUT2D eigenvalue weighted by atomic mass is 16.6. The summed E-state index contributed by atoms with van der Waals surface area (Å²) in [5.41, 5.74) is 0.406. The van der Waals surface area contributed by atoms with E-state index in [0.29, 0.717) is 5.56 Å². The van der Waals surface area contributed by atoms with Crippen LogP contribution in [0.2, 0.25) is 0 Å². The van der Waals surface area contributed by atoms with Gasteiger partial charge in [-0.05, 0) is 25.5 Å². The molecule has 0 aliphatic heterocycles. The van der Waals surface area contributed by atoms with Gasteiger partial charge in [-0.1, -0.05) is 6.92 Å². The van der Waals surface area contributed by atoms with Gasteiger partial charge >= 0.3 is 0 Å². The first-order valence-electron chi connectivity index (χ1n) is 5.43. The van der Waals surface area contributed by atoms with Gasteiger partial charge in [0, 0.05) is 17.7 Å². The lowest BCUT2D eigenvalue weighted by Gasteiger charge is -2.09. The van der Waals surface area contributed by atoms with Gasteiger partial charge in [0.2, 0.25) is 0 Å². The maximum absolute atomic E-state index is 11.7. The molecule has 1 aromatic carbocycles. The van der Waals surface area contributed by atoms with E-state index in [0.717, 1.165) is 6.42 Å². The first kappa shape index (κ1) is 13.3. The number of nitro groups is 1. The second-order valence-corrected chi connectivity index (χ2v) is 3.76. The molecule has 0 radical (unpaired) electrons. The number of hydrogen-bond acceptors (Lipinski definition) is 4. The molecule has 0 aliphatic carbocycles. The third-order valence-electron chi connectivity index (χ3n) is 2.47. The fraction of sp³-hybridized carbons (Fsp3) is 0.417. The highest BCUT2D eigenvalue weighted by Gasteiger charge is 2.10. The van der Waals surface area contributed by atoms with Crippen LogP contribution in [0.15, 0.2) is 24.3 Å². The minimum atomic E-state index is -0.496. The summed E-state index contributed by atoms with van der Waals surface area (Å²) in [6.45, 7) is 3.87. The fourth-order valence-corrected chi connectivity index (χ4v) is 1.19. The molecule has 0 saturated heterocycles. The van der Waals surface area contributed by atoms with E-state index in [1.165, 1.54) is 24.3 Å². The van der Waals surface area contributed by atoms with Crippen molar-refractivity contribution in [2.24, 2.45) is 0 Å². The van der Waals surface area contributed by atoms with Crippen molar-refractivity contribution in [1.82, 2.24) is 0 Å². The smallest absolute Gasteiger partial charge is 0.269 e. The van der Waals surface area contributed by atoms with Crippen molar-refractivity contribution in [2.45, 2.75) is 26.4 Å². The Hall–Kier alpha value is -1.75. The molecule has 0 bridgehead atoms. The molecular weight excluding hydrogens is 222 g/mol. The predicted molar refractivity (Wildman–Crippen MR) is 63.1 cm³/mol. The number of ether oxygens (including phenoxy) is 1. The normalized spacial score (nSPS) is 12.1. The van der Waals surface area contributed by atoms with E-state index in [2.05, 4.69) is 0 Å². The number of nitro benzene ring substituents is 1. The molecular formula is C12H15NO4. The van der Waals surface area contributed by atoms with Crippen molar-refractivity contribution < 1.29 is 14.5 Å². The molecule has 0 N–H and O–H groups in total. The molecule has 92 valence electrons. The summed E-state index contributed by atoms with van der Waals surface area (Å²) in [4.78, 5) is 21.6. The molecule has 0 fully saturated rings. The van der Waals surface area contributed by atoms with Gasteiger partial charge in [0.15, 0.2) is 5.78 Å². The van der Waals surface area contributed by atoms with Crippen molar-refractivity contribution in [3.05, 3.63) is 39.9 Å². The van der Waals surface area contributed by atoms with Gasteiger partial charge in [0.05, 0.1) is 11.0 Å². The van der Waals surface area contributed by atoms with Gasteiger partial charge in [0.1, 0.15) is 6.61 Å². The maximum Gasteiger partial charge on any atom is 0.269 e. The minimum Gasteiger partial charge on any atom is -0.370 e. The largest absolute Gasteiger partial charge is 0.370 e. The molecule has 0 amide bonds. The lowest BCUT2D eigenvalue weighted by Crippen LogP contribution is -2.15. The first-order chi connectivity index (χ1) is 8.04. The van der Waals surface area contributed by atoms with Crippen molar-refractivity contribution in [3.63, 3.8) is 0 Å². The zero-order valence-corrected chi connectivity index (χ0v) is 9.88. The average molecular weight is 237 g/mol. The van der Waals surface area contributed by atoms with Crippen molar-refractivity contribution in [1.29, 1.82) is 0 Å². The van der Waals surface area contributed by atoms with Crippen LogP contribution in [0, 0.1) is 10.1 Å². The van der Waals surface area contributed by atoms with Crippen molar-refractivity contribution in [3.8, 4) is 0 Å². The Bertz CT molecular complexity index is 399. The van der Waals surface area contributed by atoms with E-state index in [4.69, 9.17) is 4.74 Å². The highest BCUT2D eigenvalue weighted by molar-refractivity contribution is 5.97. The summed E-state index contributed by atoms with van der Waals surface area (Å²) in [5, 5.41) is 10.4. The van der Waals surface area contributed by atoms with Gasteiger partial charge in [-0.3, -0.25) is 14.9 Å². The van der Waals surface area contributed by atoms with E-state index in [9.17, 15) is 14.9 Å². The van der Waals surface area contributed by atoms with Crippen molar-refractivity contribution in [2.75, 3.05) is 6.61 Å². The zero-order valence-electron chi connectivity index (χ0n) is 9.88. The van der Waals surface area contributed by atoms with Gasteiger partial charge in [-0.2, -0.15) is 0 Å². The van der Waals surface area contributed by atoms with Crippen molar-refractivity contribution >= 4 is 11.5 Å². The summed E-state index contributed by atoms with van der Waals surface area (Å²) >= 11 is 0. The predicted octanol–water partition coefficient (Wildman–Crippen LogP) is 2.59. The number of benzene rings is 1. The van der Waals surface area contributed by atoms with Crippen LogP contribution < -0.4 is 0 Å². The van der Waals surface area contributed by atoms with Crippen LogP contribution in [-0.2, 0) is 4.74 Å². The third-order valence-corrected chi connectivity index (χ3v) is 2.47. The fourth-order valence-electron chi connectivity index (χ4n) is 1.19. The molecule has 0 aromatic heterocycles. The monoisotopic (exact) mass is 237 g/mol. The number of carbonyl (C=O) groups excluding carboxylic acids is 1. The Morgan fingerprint density at radius 2 is 2.00 bits per heavy atom. The summed E-state index contributed by atoms with van der Waals surface area (Å²) in [6, 6.07) is 5.52. The molecule has 1 rings (SSSR count). The molecule has 5 heteroatoms. The topological polar surface area (TPSA) is 69.4 Å². The lowest BCUT2D eigenvalue weighted by molar-refractivity contribution is -0.384. The Morgan fingerprint density at radius 3 is 2.47 bits per heavy atom. The second-order valence-electron chi connectivity index (χ2n) is 3.76. The van der Waals surface area contributed by atoms with E-state index in [1.54, 1.807) is 0 Å². The standard InChI is InChI=1S/C12H15NO4/c1-3-9(2)17-8-12(14)10-4-6-11(7-5-10)13(15)16/h4-7,9H,3,8H2,1-2H3. The molecule has 0 heterocycles. The summed E-state index contributed by atoms with van der Waals surface area (Å²) in [6.07, 6.45) is 0.880. The number of non-ortho nitro benzene ring substituents is 1. The van der Waals surface area contributed by atoms with Crippen LogP contribution in [0.1, 0.15) is 30.6 Å². The summed E-state index contributed by atoms with van der Waals surface area (Å²) in [7, 11) is 0. The lowest BCUT2D eigenvalue weighted by atomic mass is 10.1. The van der Waals surface area contributed by atoms with Gasteiger partial charge in [-0.15, -0.1) is 0 Å². The number of rotatable bonds is 6. The van der Waals surface area contributed by atoms with E-state index in [-0.39, 0.29) is 24.2 Å². The first-order valence-corrected chi connectivity index (χ1v) is 5.43. The molecule has 0 saturated carbocycles. The van der Waals surface area contributed by atoms with E-state index in [1.807, 2.05) is 13.8 Å². The maximum atomic E-state index is 11.7. The molecule has 5 nitrogen and oxygen atoms in total. The molecule has 0 aliphatic rings. The van der Waals surface area contributed by atoms with E-state index >= 15 is 0 Å². The number of hydrogen-bond donors (Lipinski definition) is 0. The molecule has 17 heavy (non-hydrogen) atoms. The Morgan fingerprint density at radius 1 is 1.41 bits per heavy atom. The van der Waals surface area contributed by atoms with Gasteiger partial charge < -0.3 is 4.74 Å². The quantitative estimate of drug-likeness (QED) is 0.433. The number of carbonyl (C=O) groups is 1. The van der Waals surface area contributed by atoms with Gasteiger partial charge in [-0.25, -0.2) is 0 Å². The van der Waals surface area contributed by atoms with Gasteiger partial charge in [0.25, 0.3) is 5.69 Å². The Balaban J connectivity index is 2.61. The van der Waals surface area contributed by atoms with Crippen LogP contribution >= 0.6 is 0 Å². The third kappa shape index (κ3) is 3.96. The van der Waals surface area contributed by atoms with Crippen LogP contribution in [0.3, 0.4) is 0 Å². The van der Waals surface area contributed by atoms with Crippen LogP contribution in [0.25, 0.3) is 0 Å². The highest BCUT2D eigenvalue weighted by Crippen LogP contribution is 2.12. The second kappa shape index (κ2) is 6.10. The number of nitrogens with zero attached hydrogens (tertiary/aromatic N) is 1. The zero-order chi connectivity index (χ0) is 12.8. The van der Waals surface area contributed by atoms with Crippen LogP contribution in [-0.4, -0.2) is 23.4 Å². The summed E-state index contributed by atoms with van der Waals surface area (Å²) < 4.78 is 5.30. The average Bonchev–Trinajstić information content (AvgIpc) is 2.35. The molecule has 1 aromatic rings. The number of Topliss-reactive ketones (excluding diaryl/α,β-unsaturated/α-hetero) is 1. The molecule has 0 spiro atoms. The molecule has 1 atom stereocenters. The number of ketones is 1. The van der Waals surface area contributed by atoms with E-state index < -0.39 is 4.92 Å². The summed E-state index contributed by atoms with van der Waals surface area (Å²) in [5.74, 6) is -0.166. The minimum absolute atomic E-state index is 0.00676. The van der Waals surface area contributed by atoms with Crippen LogP contribution in [0.4, 0.5) is 5.69 Å². The van der Waals surface area contributed by atoms with Crippen LogP contribution in [0.5, 0.6) is 0 Å². The SMILES string of the molecule is CCC(C)OCC(=O)c1ccc([N+](=O)[O-])cc1.